The van der Waals surface area contributed by atoms with E-state index < -0.39 is 0 Å². The van der Waals surface area contributed by atoms with E-state index in [-0.39, 0.29) is 11.7 Å². The molecule has 0 aliphatic rings. The minimum absolute atomic E-state index is 0.113. The van der Waals surface area contributed by atoms with Crippen LogP contribution in [0.4, 0.5) is 4.39 Å². The molecule has 29 heavy (non-hydrogen) atoms. The Labute approximate surface area is 172 Å². The maximum absolute atomic E-state index is 13.1. The predicted octanol–water partition coefficient (Wildman–Crippen LogP) is 4.93. The van der Waals surface area contributed by atoms with E-state index in [0.717, 1.165) is 27.3 Å². The fraction of sp³-hybridized carbons (Fsp3) is 0.130. The van der Waals surface area contributed by atoms with Gasteiger partial charge in [0.05, 0.1) is 11.0 Å². The number of aryl methyl sites for hydroxylation is 1. The van der Waals surface area contributed by atoms with Gasteiger partial charge in [0.1, 0.15) is 5.82 Å². The van der Waals surface area contributed by atoms with Crippen molar-refractivity contribution in [2.75, 3.05) is 0 Å². The standard InChI is InChI=1S/C23H20FN3OS/c1-27-21-13-18(22(28)25-14-16-5-3-2-4-6-16)9-12-20(21)26-23(27)29-15-17-7-10-19(24)11-8-17/h2-13H,14-15H2,1H3,(H,25,28). The molecule has 0 aliphatic carbocycles. The second-order valence-electron chi connectivity index (χ2n) is 6.74. The third-order valence-electron chi connectivity index (χ3n) is 4.68. The maximum atomic E-state index is 13.1. The molecule has 146 valence electrons. The van der Waals surface area contributed by atoms with Gasteiger partial charge in [-0.3, -0.25) is 4.79 Å². The number of halogens is 1. The van der Waals surface area contributed by atoms with Crippen molar-refractivity contribution < 1.29 is 9.18 Å². The Morgan fingerprint density at radius 1 is 1.03 bits per heavy atom. The first-order chi connectivity index (χ1) is 14.1. The summed E-state index contributed by atoms with van der Waals surface area (Å²) in [7, 11) is 1.94. The number of benzene rings is 3. The van der Waals surface area contributed by atoms with Crippen molar-refractivity contribution in [2.45, 2.75) is 17.5 Å². The van der Waals surface area contributed by atoms with E-state index in [0.29, 0.717) is 17.9 Å². The SMILES string of the molecule is Cn1c(SCc2ccc(F)cc2)nc2ccc(C(=O)NCc3ccccc3)cc21. The molecule has 6 heteroatoms. The van der Waals surface area contributed by atoms with Crippen LogP contribution in [0.1, 0.15) is 21.5 Å². The second kappa shape index (κ2) is 8.49. The Balaban J connectivity index is 1.47. The summed E-state index contributed by atoms with van der Waals surface area (Å²) in [6.07, 6.45) is 0. The van der Waals surface area contributed by atoms with E-state index in [9.17, 15) is 9.18 Å². The molecule has 3 aromatic carbocycles. The Hall–Kier alpha value is -3.12. The van der Waals surface area contributed by atoms with Gasteiger partial charge < -0.3 is 9.88 Å². The van der Waals surface area contributed by atoms with Crippen LogP contribution in [0.5, 0.6) is 0 Å². The van der Waals surface area contributed by atoms with Crippen LogP contribution in [-0.4, -0.2) is 15.5 Å². The summed E-state index contributed by atoms with van der Waals surface area (Å²) in [4.78, 5) is 17.2. The molecule has 0 unspecified atom stereocenters. The van der Waals surface area contributed by atoms with Gasteiger partial charge in [-0.25, -0.2) is 9.37 Å². The molecule has 0 bridgehead atoms. The first kappa shape index (κ1) is 19.2. The molecule has 4 nitrogen and oxygen atoms in total. The number of nitrogens with zero attached hydrogens (tertiary/aromatic N) is 2. The third kappa shape index (κ3) is 4.49. The van der Waals surface area contributed by atoms with Crippen molar-refractivity contribution >= 4 is 28.7 Å². The highest BCUT2D eigenvalue weighted by molar-refractivity contribution is 7.98. The minimum atomic E-state index is -0.237. The first-order valence-electron chi connectivity index (χ1n) is 9.26. The molecule has 0 saturated carbocycles. The van der Waals surface area contributed by atoms with Crippen LogP contribution in [0.2, 0.25) is 0 Å². The molecule has 0 radical (unpaired) electrons. The molecule has 0 saturated heterocycles. The lowest BCUT2D eigenvalue weighted by atomic mass is 10.1. The van der Waals surface area contributed by atoms with E-state index in [1.165, 1.54) is 12.1 Å². The number of thioether (sulfide) groups is 1. The van der Waals surface area contributed by atoms with Gasteiger partial charge in [-0.2, -0.15) is 0 Å². The Morgan fingerprint density at radius 3 is 2.55 bits per heavy atom. The summed E-state index contributed by atoms with van der Waals surface area (Å²) >= 11 is 1.58. The fourth-order valence-electron chi connectivity index (χ4n) is 3.05. The number of hydrogen-bond donors (Lipinski definition) is 1. The number of rotatable bonds is 6. The van der Waals surface area contributed by atoms with E-state index >= 15 is 0 Å². The normalized spacial score (nSPS) is 11.0. The predicted molar refractivity (Wildman–Crippen MR) is 114 cm³/mol. The summed E-state index contributed by atoms with van der Waals surface area (Å²) in [5.41, 5.74) is 4.44. The van der Waals surface area contributed by atoms with E-state index in [1.807, 2.05) is 54.1 Å². The highest BCUT2D eigenvalue weighted by Gasteiger charge is 2.12. The van der Waals surface area contributed by atoms with Crippen molar-refractivity contribution in [3.05, 3.63) is 95.3 Å². The van der Waals surface area contributed by atoms with Crippen molar-refractivity contribution in [2.24, 2.45) is 7.05 Å². The van der Waals surface area contributed by atoms with Crippen LogP contribution >= 0.6 is 11.8 Å². The van der Waals surface area contributed by atoms with Crippen molar-refractivity contribution in [1.29, 1.82) is 0 Å². The van der Waals surface area contributed by atoms with Gasteiger partial charge in [0.15, 0.2) is 5.16 Å². The third-order valence-corrected chi connectivity index (χ3v) is 5.78. The van der Waals surface area contributed by atoms with Crippen molar-refractivity contribution in [3.63, 3.8) is 0 Å². The van der Waals surface area contributed by atoms with Gasteiger partial charge in [0, 0.05) is 24.9 Å². The van der Waals surface area contributed by atoms with Gasteiger partial charge >= 0.3 is 0 Å². The topological polar surface area (TPSA) is 46.9 Å². The lowest BCUT2D eigenvalue weighted by Crippen LogP contribution is -2.22. The molecule has 0 fully saturated rings. The molecule has 4 rings (SSSR count). The molecular formula is C23H20FN3OS. The van der Waals surface area contributed by atoms with E-state index in [1.54, 1.807) is 30.0 Å². The highest BCUT2D eigenvalue weighted by Crippen LogP contribution is 2.26. The van der Waals surface area contributed by atoms with Crippen LogP contribution in [0, 0.1) is 5.82 Å². The van der Waals surface area contributed by atoms with Crippen LogP contribution in [0.3, 0.4) is 0 Å². The fourth-order valence-corrected chi connectivity index (χ4v) is 3.99. The maximum Gasteiger partial charge on any atom is 0.251 e. The molecule has 1 amide bonds. The summed E-state index contributed by atoms with van der Waals surface area (Å²) < 4.78 is 15.0. The lowest BCUT2D eigenvalue weighted by Gasteiger charge is -2.06. The summed E-state index contributed by atoms with van der Waals surface area (Å²) in [6, 6.07) is 21.8. The van der Waals surface area contributed by atoms with Gasteiger partial charge in [-0.05, 0) is 41.5 Å². The zero-order chi connectivity index (χ0) is 20.2. The largest absolute Gasteiger partial charge is 0.348 e. The van der Waals surface area contributed by atoms with Gasteiger partial charge in [-0.1, -0.05) is 54.2 Å². The Bertz CT molecular complexity index is 1140. The number of imidazole rings is 1. The van der Waals surface area contributed by atoms with Crippen molar-refractivity contribution in [3.8, 4) is 0 Å². The number of aromatic nitrogens is 2. The molecular weight excluding hydrogens is 385 g/mol. The number of carbonyl (C=O) groups excluding carboxylic acids is 1. The van der Waals surface area contributed by atoms with Crippen LogP contribution < -0.4 is 5.32 Å². The van der Waals surface area contributed by atoms with Gasteiger partial charge in [0.2, 0.25) is 0 Å². The molecule has 0 aliphatic heterocycles. The average Bonchev–Trinajstić information content (AvgIpc) is 3.07. The monoisotopic (exact) mass is 405 g/mol. The lowest BCUT2D eigenvalue weighted by molar-refractivity contribution is 0.0951. The molecule has 0 atom stereocenters. The van der Waals surface area contributed by atoms with Gasteiger partial charge in [-0.15, -0.1) is 0 Å². The zero-order valence-corrected chi connectivity index (χ0v) is 16.7. The summed E-state index contributed by atoms with van der Waals surface area (Å²) in [5.74, 6) is 0.346. The summed E-state index contributed by atoms with van der Waals surface area (Å²) in [6.45, 7) is 0.488. The molecule has 0 spiro atoms. The highest BCUT2D eigenvalue weighted by atomic mass is 32.2. The summed E-state index contributed by atoms with van der Waals surface area (Å²) in [5, 5.41) is 3.81. The smallest absolute Gasteiger partial charge is 0.251 e. The number of carbonyl (C=O) groups is 1. The molecule has 4 aromatic rings. The number of nitrogens with one attached hydrogen (secondary N) is 1. The van der Waals surface area contributed by atoms with Crippen LogP contribution in [0.15, 0.2) is 78.0 Å². The Kier molecular flexibility index (Phi) is 5.62. The number of amides is 1. The number of hydrogen-bond acceptors (Lipinski definition) is 3. The Morgan fingerprint density at radius 2 is 1.79 bits per heavy atom. The zero-order valence-electron chi connectivity index (χ0n) is 15.9. The second-order valence-corrected chi connectivity index (χ2v) is 7.68. The first-order valence-corrected chi connectivity index (χ1v) is 10.2. The van der Waals surface area contributed by atoms with Crippen LogP contribution in [0.25, 0.3) is 11.0 Å². The minimum Gasteiger partial charge on any atom is -0.348 e. The van der Waals surface area contributed by atoms with E-state index in [2.05, 4.69) is 10.3 Å². The quantitative estimate of drug-likeness (QED) is 0.463. The number of fused-ring (bicyclic) bond motifs is 1. The van der Waals surface area contributed by atoms with Crippen LogP contribution in [-0.2, 0) is 19.3 Å². The molecule has 1 N–H and O–H groups in total. The van der Waals surface area contributed by atoms with Gasteiger partial charge in [0.25, 0.3) is 5.91 Å². The molecule has 1 heterocycles. The average molecular weight is 405 g/mol. The molecule has 1 aromatic heterocycles. The van der Waals surface area contributed by atoms with E-state index in [4.69, 9.17) is 0 Å². The van der Waals surface area contributed by atoms with Crippen molar-refractivity contribution in [1.82, 2.24) is 14.9 Å².